The second kappa shape index (κ2) is 4.75. The number of halogens is 2. The molecule has 0 atom stereocenters. The molecule has 0 aliphatic carbocycles. The van der Waals surface area contributed by atoms with E-state index in [2.05, 4.69) is 0 Å². The van der Waals surface area contributed by atoms with Gasteiger partial charge in [0.2, 0.25) is 15.8 Å². The first kappa shape index (κ1) is 12.9. The average Bonchev–Trinajstić information content (AvgIpc) is 2.18. The zero-order valence-electron chi connectivity index (χ0n) is 8.54. The van der Waals surface area contributed by atoms with Crippen molar-refractivity contribution in [2.24, 2.45) is 5.14 Å². The van der Waals surface area contributed by atoms with E-state index < -0.39 is 26.6 Å². The van der Waals surface area contributed by atoms with Gasteiger partial charge >= 0.3 is 0 Å². The van der Waals surface area contributed by atoms with Crippen LogP contribution < -0.4 is 9.88 Å². The van der Waals surface area contributed by atoms with Crippen molar-refractivity contribution in [1.82, 2.24) is 0 Å². The van der Waals surface area contributed by atoms with E-state index in [1.54, 1.807) is 6.92 Å². The fraction of sp³-hybridized carbons (Fsp3) is 0.333. The number of hydrogen-bond acceptors (Lipinski definition) is 3. The third-order valence-electron chi connectivity index (χ3n) is 1.78. The van der Waals surface area contributed by atoms with Crippen LogP contribution in [-0.2, 0) is 10.0 Å². The summed E-state index contributed by atoms with van der Waals surface area (Å²) in [7, 11) is -4.26. The summed E-state index contributed by atoms with van der Waals surface area (Å²) < 4.78 is 53.2. The predicted molar refractivity (Wildman–Crippen MR) is 53.5 cm³/mol. The molecule has 0 amide bonds. The number of sulfonamides is 1. The van der Waals surface area contributed by atoms with Crippen molar-refractivity contribution >= 4 is 10.0 Å². The monoisotopic (exact) mass is 251 g/mol. The second-order valence-corrected chi connectivity index (χ2v) is 4.61. The quantitative estimate of drug-likeness (QED) is 0.879. The van der Waals surface area contributed by atoms with E-state index in [4.69, 9.17) is 9.88 Å². The van der Waals surface area contributed by atoms with Gasteiger partial charge in [0, 0.05) is 0 Å². The maximum Gasteiger partial charge on any atom is 0.241 e. The maximum atomic E-state index is 13.3. The summed E-state index contributed by atoms with van der Waals surface area (Å²) in [6.45, 7) is 2.01. The highest BCUT2D eigenvalue weighted by atomic mass is 32.2. The zero-order valence-corrected chi connectivity index (χ0v) is 9.35. The Hall–Kier alpha value is -1.21. The van der Waals surface area contributed by atoms with Gasteiger partial charge in [0.1, 0.15) is 4.90 Å². The first-order chi connectivity index (χ1) is 7.38. The molecule has 0 aliphatic heterocycles. The molecule has 2 N–H and O–H groups in total. The summed E-state index contributed by atoms with van der Waals surface area (Å²) in [5.41, 5.74) is 0. The molecule has 0 radical (unpaired) electrons. The van der Waals surface area contributed by atoms with Crippen molar-refractivity contribution in [2.75, 3.05) is 6.61 Å². The average molecular weight is 251 g/mol. The van der Waals surface area contributed by atoms with Gasteiger partial charge in [-0.2, -0.15) is 4.39 Å². The number of hydrogen-bond donors (Lipinski definition) is 1. The Bertz CT molecular complexity index is 488. The Morgan fingerprint density at radius 2 is 1.94 bits per heavy atom. The molecule has 0 aliphatic rings. The van der Waals surface area contributed by atoms with Crippen LogP contribution in [0.5, 0.6) is 5.75 Å². The van der Waals surface area contributed by atoms with Crippen LogP contribution in [0.3, 0.4) is 0 Å². The van der Waals surface area contributed by atoms with Crippen LogP contribution in [-0.4, -0.2) is 15.0 Å². The molecule has 16 heavy (non-hydrogen) atoms. The van der Waals surface area contributed by atoms with Gasteiger partial charge in [0.15, 0.2) is 11.6 Å². The molecule has 0 saturated carbocycles. The van der Waals surface area contributed by atoms with Crippen LogP contribution in [0, 0.1) is 11.6 Å². The van der Waals surface area contributed by atoms with E-state index in [9.17, 15) is 17.2 Å². The zero-order chi connectivity index (χ0) is 12.3. The summed E-state index contributed by atoms with van der Waals surface area (Å²) in [6.07, 6.45) is 0.623. The van der Waals surface area contributed by atoms with Crippen LogP contribution in [0.1, 0.15) is 13.3 Å². The van der Waals surface area contributed by atoms with Gasteiger partial charge in [0.05, 0.1) is 6.61 Å². The highest BCUT2D eigenvalue weighted by Gasteiger charge is 2.21. The van der Waals surface area contributed by atoms with E-state index >= 15 is 0 Å². The smallest absolute Gasteiger partial charge is 0.241 e. The Morgan fingerprint density at radius 3 is 2.44 bits per heavy atom. The summed E-state index contributed by atoms with van der Waals surface area (Å²) in [4.78, 5) is -0.881. The lowest BCUT2D eigenvalue weighted by atomic mass is 10.3. The van der Waals surface area contributed by atoms with E-state index in [1.165, 1.54) is 0 Å². The van der Waals surface area contributed by atoms with E-state index in [-0.39, 0.29) is 12.4 Å². The fourth-order valence-electron chi connectivity index (χ4n) is 1.06. The molecule has 7 heteroatoms. The molecule has 0 fully saturated rings. The van der Waals surface area contributed by atoms with E-state index in [0.717, 1.165) is 12.1 Å². The molecular formula is C9H11F2NO3S. The highest BCUT2D eigenvalue weighted by Crippen LogP contribution is 2.24. The third kappa shape index (κ3) is 2.67. The largest absolute Gasteiger partial charge is 0.490 e. The van der Waals surface area contributed by atoms with Gasteiger partial charge in [-0.05, 0) is 18.6 Å². The summed E-state index contributed by atoms with van der Waals surface area (Å²) in [5, 5.41) is 4.70. The molecule has 1 aromatic carbocycles. The van der Waals surface area contributed by atoms with Gasteiger partial charge < -0.3 is 4.74 Å². The van der Waals surface area contributed by atoms with Crippen molar-refractivity contribution in [3.05, 3.63) is 23.8 Å². The SMILES string of the molecule is CCCOc1ccc(S(N)(=O)=O)c(F)c1F. The van der Waals surface area contributed by atoms with Gasteiger partial charge in [-0.15, -0.1) is 0 Å². The predicted octanol–water partition coefficient (Wildman–Crippen LogP) is 1.40. The van der Waals surface area contributed by atoms with Crippen molar-refractivity contribution in [1.29, 1.82) is 0 Å². The molecule has 0 saturated heterocycles. The van der Waals surface area contributed by atoms with Crippen LogP contribution >= 0.6 is 0 Å². The first-order valence-corrected chi connectivity index (χ1v) is 6.06. The van der Waals surface area contributed by atoms with Gasteiger partial charge in [-0.1, -0.05) is 6.92 Å². The topological polar surface area (TPSA) is 69.4 Å². The van der Waals surface area contributed by atoms with Crippen LogP contribution in [0.25, 0.3) is 0 Å². The molecule has 90 valence electrons. The Labute approximate surface area is 92.1 Å². The summed E-state index contributed by atoms with van der Waals surface area (Å²) in [6, 6.07) is 1.91. The van der Waals surface area contributed by atoms with E-state index in [0.29, 0.717) is 6.42 Å². The fourth-order valence-corrected chi connectivity index (χ4v) is 1.65. The minimum Gasteiger partial charge on any atom is -0.490 e. The van der Waals surface area contributed by atoms with Crippen molar-refractivity contribution in [3.63, 3.8) is 0 Å². The van der Waals surface area contributed by atoms with Crippen LogP contribution in [0.2, 0.25) is 0 Å². The molecule has 1 aromatic rings. The van der Waals surface area contributed by atoms with Gasteiger partial charge in [-0.25, -0.2) is 17.9 Å². The van der Waals surface area contributed by atoms with Gasteiger partial charge in [0.25, 0.3) is 0 Å². The normalized spacial score (nSPS) is 11.5. The number of rotatable bonds is 4. The molecule has 1 rings (SSSR count). The molecule has 0 heterocycles. The standard InChI is InChI=1S/C9H11F2NO3S/c1-2-5-15-6-3-4-7(16(12,13)14)9(11)8(6)10/h3-4H,2,5H2,1H3,(H2,12,13,14). The highest BCUT2D eigenvalue weighted by molar-refractivity contribution is 7.89. The summed E-state index contributed by atoms with van der Waals surface area (Å²) >= 11 is 0. The Morgan fingerprint density at radius 1 is 1.31 bits per heavy atom. The molecule has 4 nitrogen and oxygen atoms in total. The lowest BCUT2D eigenvalue weighted by Gasteiger charge is -2.08. The van der Waals surface area contributed by atoms with Gasteiger partial charge in [-0.3, -0.25) is 0 Å². The number of benzene rings is 1. The lowest BCUT2D eigenvalue weighted by molar-refractivity contribution is 0.293. The van der Waals surface area contributed by atoms with Crippen molar-refractivity contribution < 1.29 is 21.9 Å². The first-order valence-electron chi connectivity index (χ1n) is 4.51. The molecule has 0 aromatic heterocycles. The number of ether oxygens (including phenoxy) is 1. The minimum absolute atomic E-state index is 0.213. The van der Waals surface area contributed by atoms with Crippen molar-refractivity contribution in [3.8, 4) is 5.75 Å². The summed E-state index contributed by atoms with van der Waals surface area (Å²) in [5.74, 6) is -3.19. The Kier molecular flexibility index (Phi) is 3.82. The molecule has 0 unspecified atom stereocenters. The van der Waals surface area contributed by atoms with Crippen molar-refractivity contribution in [2.45, 2.75) is 18.2 Å². The molecule has 0 bridgehead atoms. The maximum absolute atomic E-state index is 13.3. The molecular weight excluding hydrogens is 240 g/mol. The van der Waals surface area contributed by atoms with E-state index in [1.807, 2.05) is 0 Å². The van der Waals surface area contributed by atoms with Crippen LogP contribution in [0.4, 0.5) is 8.78 Å². The molecule has 0 spiro atoms. The number of primary sulfonamides is 1. The Balaban J connectivity index is 3.19. The lowest BCUT2D eigenvalue weighted by Crippen LogP contribution is -2.15. The third-order valence-corrected chi connectivity index (χ3v) is 2.71. The number of nitrogens with two attached hydrogens (primary N) is 1. The van der Waals surface area contributed by atoms with Crippen LogP contribution in [0.15, 0.2) is 17.0 Å². The minimum atomic E-state index is -4.26. The second-order valence-electron chi connectivity index (χ2n) is 3.08.